The summed E-state index contributed by atoms with van der Waals surface area (Å²) in [7, 11) is 1.68. The maximum atomic E-state index is 11.2. The average Bonchev–Trinajstić information content (AvgIpc) is 2.47. The molecule has 1 aromatic carbocycles. The lowest BCUT2D eigenvalue weighted by molar-refractivity contribution is -0.122. The van der Waals surface area contributed by atoms with Crippen LogP contribution in [0.5, 0.6) is 5.75 Å². The third-order valence-corrected chi connectivity index (χ3v) is 4.21. The molecule has 1 aromatic rings. The Bertz CT molecular complexity index is 454. The highest BCUT2D eigenvalue weighted by Crippen LogP contribution is 2.26. The van der Waals surface area contributed by atoms with Crippen LogP contribution in [0.25, 0.3) is 0 Å². The quantitative estimate of drug-likeness (QED) is 0.868. The number of hydrogen-bond acceptors (Lipinski definition) is 3. The summed E-state index contributed by atoms with van der Waals surface area (Å²) in [6.45, 7) is 2.16. The number of nitrogens with one attached hydrogen (secondary N) is 1. The molecule has 0 heterocycles. The molecule has 1 atom stereocenters. The van der Waals surface area contributed by atoms with E-state index in [2.05, 4.69) is 24.4 Å². The van der Waals surface area contributed by atoms with E-state index in [0.29, 0.717) is 6.04 Å². The van der Waals surface area contributed by atoms with Crippen molar-refractivity contribution in [3.05, 3.63) is 29.8 Å². The van der Waals surface area contributed by atoms with Crippen molar-refractivity contribution in [2.45, 2.75) is 44.7 Å². The van der Waals surface area contributed by atoms with Gasteiger partial charge in [-0.15, -0.1) is 0 Å². The SMILES string of the molecule is COc1cccc(C(C)NC2CCC(C(N)=O)CC2)c1. The van der Waals surface area contributed by atoms with Crippen molar-refractivity contribution < 1.29 is 9.53 Å². The third kappa shape index (κ3) is 3.73. The Hall–Kier alpha value is -1.55. The summed E-state index contributed by atoms with van der Waals surface area (Å²) in [5.74, 6) is 0.804. The van der Waals surface area contributed by atoms with Gasteiger partial charge in [-0.25, -0.2) is 0 Å². The standard InChI is InChI=1S/C16H24N2O2/c1-11(13-4-3-5-15(10-13)20-2)18-14-8-6-12(7-9-14)16(17)19/h3-5,10-12,14,18H,6-9H2,1-2H3,(H2,17,19). The first-order valence-corrected chi connectivity index (χ1v) is 7.29. The molecule has 0 aromatic heterocycles. The van der Waals surface area contributed by atoms with Gasteiger partial charge in [-0.3, -0.25) is 4.79 Å². The van der Waals surface area contributed by atoms with E-state index >= 15 is 0 Å². The van der Waals surface area contributed by atoms with Gasteiger partial charge in [0.05, 0.1) is 7.11 Å². The number of rotatable bonds is 5. The molecule has 4 heteroatoms. The molecular formula is C16H24N2O2. The van der Waals surface area contributed by atoms with Crippen molar-refractivity contribution in [2.24, 2.45) is 11.7 Å². The topological polar surface area (TPSA) is 64.3 Å². The molecule has 20 heavy (non-hydrogen) atoms. The zero-order chi connectivity index (χ0) is 14.5. The Morgan fingerprint density at radius 2 is 2.05 bits per heavy atom. The van der Waals surface area contributed by atoms with Crippen LogP contribution in [0.4, 0.5) is 0 Å². The fourth-order valence-electron chi connectivity index (χ4n) is 2.91. The van der Waals surface area contributed by atoms with Gasteiger partial charge < -0.3 is 15.8 Å². The van der Waals surface area contributed by atoms with Gasteiger partial charge in [0.25, 0.3) is 0 Å². The molecule has 110 valence electrons. The number of methoxy groups -OCH3 is 1. The van der Waals surface area contributed by atoms with Crippen LogP contribution in [0.3, 0.4) is 0 Å². The first kappa shape index (κ1) is 14.9. The van der Waals surface area contributed by atoms with Crippen LogP contribution in [0.2, 0.25) is 0 Å². The maximum Gasteiger partial charge on any atom is 0.220 e. The molecule has 1 unspecified atom stereocenters. The van der Waals surface area contributed by atoms with Gasteiger partial charge in [0.1, 0.15) is 5.75 Å². The van der Waals surface area contributed by atoms with E-state index in [-0.39, 0.29) is 17.9 Å². The molecule has 0 aliphatic heterocycles. The summed E-state index contributed by atoms with van der Waals surface area (Å²) in [6.07, 6.45) is 3.83. The highest BCUT2D eigenvalue weighted by atomic mass is 16.5. The van der Waals surface area contributed by atoms with Crippen LogP contribution >= 0.6 is 0 Å². The first-order valence-electron chi connectivity index (χ1n) is 7.29. The smallest absolute Gasteiger partial charge is 0.220 e. The number of hydrogen-bond donors (Lipinski definition) is 2. The van der Waals surface area contributed by atoms with E-state index in [0.717, 1.165) is 31.4 Å². The summed E-state index contributed by atoms with van der Waals surface area (Å²) in [5.41, 5.74) is 6.59. The lowest BCUT2D eigenvalue weighted by Crippen LogP contribution is -2.37. The minimum Gasteiger partial charge on any atom is -0.497 e. The van der Waals surface area contributed by atoms with Crippen molar-refractivity contribution in [3.63, 3.8) is 0 Å². The molecule has 1 saturated carbocycles. The van der Waals surface area contributed by atoms with Gasteiger partial charge in [0, 0.05) is 18.0 Å². The highest BCUT2D eigenvalue weighted by Gasteiger charge is 2.25. The molecular weight excluding hydrogens is 252 g/mol. The number of nitrogens with two attached hydrogens (primary N) is 1. The number of carbonyl (C=O) groups is 1. The molecule has 1 fully saturated rings. The first-order chi connectivity index (χ1) is 9.60. The van der Waals surface area contributed by atoms with Crippen molar-refractivity contribution in [2.75, 3.05) is 7.11 Å². The number of ether oxygens (including phenoxy) is 1. The van der Waals surface area contributed by atoms with Gasteiger partial charge in [-0.05, 0) is 50.3 Å². The fourth-order valence-corrected chi connectivity index (χ4v) is 2.91. The van der Waals surface area contributed by atoms with E-state index in [9.17, 15) is 4.79 Å². The minimum absolute atomic E-state index is 0.0696. The molecule has 1 amide bonds. The van der Waals surface area contributed by atoms with Gasteiger partial charge in [-0.1, -0.05) is 12.1 Å². The predicted octanol–water partition coefficient (Wildman–Crippen LogP) is 2.39. The Kier molecular flexibility index (Phi) is 5.01. The summed E-state index contributed by atoms with van der Waals surface area (Å²) in [5, 5.41) is 3.64. The zero-order valence-corrected chi connectivity index (χ0v) is 12.3. The number of benzene rings is 1. The molecule has 0 radical (unpaired) electrons. The monoisotopic (exact) mass is 276 g/mol. The number of primary amides is 1. The number of amides is 1. The zero-order valence-electron chi connectivity index (χ0n) is 12.3. The molecule has 3 N–H and O–H groups in total. The summed E-state index contributed by atoms with van der Waals surface area (Å²) < 4.78 is 5.26. The van der Waals surface area contributed by atoms with E-state index in [1.807, 2.05) is 12.1 Å². The van der Waals surface area contributed by atoms with Crippen LogP contribution in [0.1, 0.15) is 44.2 Å². The predicted molar refractivity (Wildman–Crippen MR) is 79.5 cm³/mol. The highest BCUT2D eigenvalue weighted by molar-refractivity contribution is 5.76. The van der Waals surface area contributed by atoms with Crippen molar-refractivity contribution in [1.82, 2.24) is 5.32 Å². The Morgan fingerprint density at radius 1 is 1.35 bits per heavy atom. The van der Waals surface area contributed by atoms with Gasteiger partial charge in [0.2, 0.25) is 5.91 Å². The Morgan fingerprint density at radius 3 is 2.65 bits per heavy atom. The molecule has 1 aliphatic rings. The lowest BCUT2D eigenvalue weighted by atomic mass is 9.85. The molecule has 0 spiro atoms. The van der Waals surface area contributed by atoms with Crippen LogP contribution in [0, 0.1) is 5.92 Å². The summed E-state index contributed by atoms with van der Waals surface area (Å²) in [4.78, 5) is 11.2. The average molecular weight is 276 g/mol. The van der Waals surface area contributed by atoms with E-state index in [4.69, 9.17) is 10.5 Å². The summed E-state index contributed by atoms with van der Waals surface area (Å²) in [6, 6.07) is 8.87. The van der Waals surface area contributed by atoms with Crippen molar-refractivity contribution in [3.8, 4) is 5.75 Å². The fraction of sp³-hybridized carbons (Fsp3) is 0.562. The largest absolute Gasteiger partial charge is 0.497 e. The normalized spacial score (nSPS) is 24.1. The molecule has 0 bridgehead atoms. The second-order valence-electron chi connectivity index (χ2n) is 5.62. The van der Waals surface area contributed by atoms with Gasteiger partial charge in [0.15, 0.2) is 0 Å². The number of carbonyl (C=O) groups excluding carboxylic acids is 1. The van der Waals surface area contributed by atoms with E-state index in [1.165, 1.54) is 5.56 Å². The van der Waals surface area contributed by atoms with Crippen LogP contribution in [0.15, 0.2) is 24.3 Å². The molecule has 1 aliphatic carbocycles. The molecule has 2 rings (SSSR count). The third-order valence-electron chi connectivity index (χ3n) is 4.21. The van der Waals surface area contributed by atoms with Crippen LogP contribution < -0.4 is 15.8 Å². The Balaban J connectivity index is 1.88. The molecule has 0 saturated heterocycles. The maximum absolute atomic E-state index is 11.2. The second-order valence-corrected chi connectivity index (χ2v) is 5.62. The van der Waals surface area contributed by atoms with Crippen LogP contribution in [-0.4, -0.2) is 19.1 Å². The van der Waals surface area contributed by atoms with Gasteiger partial charge in [-0.2, -0.15) is 0 Å². The van der Waals surface area contributed by atoms with E-state index in [1.54, 1.807) is 7.11 Å². The van der Waals surface area contributed by atoms with Crippen molar-refractivity contribution in [1.29, 1.82) is 0 Å². The molecule has 4 nitrogen and oxygen atoms in total. The second kappa shape index (κ2) is 6.75. The van der Waals surface area contributed by atoms with Crippen LogP contribution in [-0.2, 0) is 4.79 Å². The van der Waals surface area contributed by atoms with E-state index < -0.39 is 0 Å². The van der Waals surface area contributed by atoms with Crippen molar-refractivity contribution >= 4 is 5.91 Å². The Labute approximate surface area is 120 Å². The summed E-state index contributed by atoms with van der Waals surface area (Å²) >= 11 is 0. The lowest BCUT2D eigenvalue weighted by Gasteiger charge is -2.30. The van der Waals surface area contributed by atoms with Gasteiger partial charge >= 0.3 is 0 Å². The minimum atomic E-state index is -0.149.